The minimum Gasteiger partial charge on any atom is -0.308 e. The average Bonchev–Trinajstić information content (AvgIpc) is 3.54. The lowest BCUT2D eigenvalue weighted by Gasteiger charge is -2.15. The van der Waals surface area contributed by atoms with Crippen molar-refractivity contribution in [3.63, 3.8) is 0 Å². The molecular weight excluding hydrogens is 508 g/mol. The Labute approximate surface area is 241 Å². The Morgan fingerprint density at radius 2 is 1.02 bits per heavy atom. The topological polar surface area (TPSA) is 9.34 Å². The van der Waals surface area contributed by atoms with E-state index in [1.54, 1.807) is 0 Å². The Balaban J connectivity index is 1.57. The SMILES string of the molecule is c1ccc(-c2ccccc2-n2c3ccc4c5ccccc5n5c6ccccc6c6cc7ccccc7c2c6c3c45)cc1. The van der Waals surface area contributed by atoms with E-state index in [1.165, 1.54) is 87.5 Å². The first-order valence-corrected chi connectivity index (χ1v) is 14.5. The van der Waals surface area contributed by atoms with Crippen molar-refractivity contribution >= 4 is 70.7 Å². The highest BCUT2D eigenvalue weighted by Gasteiger charge is 2.25. The molecule has 0 amide bonds. The molecule has 194 valence electrons. The molecule has 10 aromatic rings. The third-order valence-electron chi connectivity index (χ3n) is 9.22. The molecule has 0 aliphatic carbocycles. The zero-order valence-electron chi connectivity index (χ0n) is 22.8. The van der Waals surface area contributed by atoms with E-state index < -0.39 is 0 Å². The summed E-state index contributed by atoms with van der Waals surface area (Å²) in [6, 6.07) is 53.4. The second-order valence-corrected chi connectivity index (χ2v) is 11.3. The van der Waals surface area contributed by atoms with Crippen molar-refractivity contribution in [3.8, 4) is 16.8 Å². The van der Waals surface area contributed by atoms with Crippen molar-refractivity contribution < 1.29 is 0 Å². The molecular formula is C40H24N2. The van der Waals surface area contributed by atoms with Crippen LogP contribution in [0, 0.1) is 0 Å². The maximum absolute atomic E-state index is 2.54. The number of hydrogen-bond acceptors (Lipinski definition) is 0. The van der Waals surface area contributed by atoms with Crippen molar-refractivity contribution in [3.05, 3.63) is 146 Å². The molecule has 2 nitrogen and oxygen atoms in total. The molecule has 7 aromatic carbocycles. The summed E-state index contributed by atoms with van der Waals surface area (Å²) < 4.78 is 5.05. The molecule has 0 bridgehead atoms. The summed E-state index contributed by atoms with van der Waals surface area (Å²) in [7, 11) is 0. The summed E-state index contributed by atoms with van der Waals surface area (Å²) in [6.07, 6.45) is 0. The molecule has 0 aliphatic rings. The smallest absolute Gasteiger partial charge is 0.0641 e. The number of hydrogen-bond donors (Lipinski definition) is 0. The van der Waals surface area contributed by atoms with Crippen molar-refractivity contribution in [1.82, 2.24) is 8.97 Å². The Kier molecular flexibility index (Phi) is 4.21. The number of para-hydroxylation sites is 3. The Bertz CT molecular complexity index is 2670. The molecule has 0 atom stereocenters. The van der Waals surface area contributed by atoms with Gasteiger partial charge in [0.05, 0.1) is 33.3 Å². The fourth-order valence-corrected chi connectivity index (χ4v) is 7.55. The van der Waals surface area contributed by atoms with Gasteiger partial charge >= 0.3 is 0 Å². The van der Waals surface area contributed by atoms with Crippen molar-refractivity contribution in [2.24, 2.45) is 0 Å². The molecule has 2 heteroatoms. The van der Waals surface area contributed by atoms with Crippen molar-refractivity contribution in [1.29, 1.82) is 0 Å². The lowest BCUT2D eigenvalue weighted by molar-refractivity contribution is 1.19. The van der Waals surface area contributed by atoms with E-state index in [4.69, 9.17) is 0 Å². The van der Waals surface area contributed by atoms with E-state index in [-0.39, 0.29) is 0 Å². The van der Waals surface area contributed by atoms with Gasteiger partial charge in [0, 0.05) is 37.9 Å². The Morgan fingerprint density at radius 3 is 1.83 bits per heavy atom. The second kappa shape index (κ2) is 7.99. The summed E-state index contributed by atoms with van der Waals surface area (Å²) in [4.78, 5) is 0. The molecule has 0 saturated carbocycles. The van der Waals surface area contributed by atoms with Crippen molar-refractivity contribution in [2.45, 2.75) is 0 Å². The first-order chi connectivity index (χ1) is 20.9. The Hall–Kier alpha value is -5.60. The molecule has 0 N–H and O–H groups in total. The molecule has 0 fully saturated rings. The molecule has 0 aliphatic heterocycles. The van der Waals surface area contributed by atoms with Gasteiger partial charge in [-0.05, 0) is 46.7 Å². The van der Waals surface area contributed by atoms with Crippen LogP contribution in [-0.4, -0.2) is 8.97 Å². The van der Waals surface area contributed by atoms with E-state index in [2.05, 4.69) is 155 Å². The minimum atomic E-state index is 1.20. The minimum absolute atomic E-state index is 1.20. The van der Waals surface area contributed by atoms with E-state index in [0.717, 1.165) is 0 Å². The number of aromatic nitrogens is 2. The zero-order chi connectivity index (χ0) is 27.4. The third kappa shape index (κ3) is 2.69. The number of benzene rings is 7. The molecule has 0 radical (unpaired) electrons. The van der Waals surface area contributed by atoms with E-state index in [0.29, 0.717) is 0 Å². The molecule has 0 spiro atoms. The number of nitrogens with zero attached hydrogens (tertiary/aromatic N) is 2. The normalized spacial score (nSPS) is 12.3. The highest BCUT2D eigenvalue weighted by Crippen LogP contribution is 2.48. The van der Waals surface area contributed by atoms with E-state index in [9.17, 15) is 0 Å². The van der Waals surface area contributed by atoms with Gasteiger partial charge in [0.2, 0.25) is 0 Å². The van der Waals surface area contributed by atoms with Gasteiger partial charge in [-0.1, -0.05) is 115 Å². The van der Waals surface area contributed by atoms with Crippen LogP contribution in [0.1, 0.15) is 0 Å². The van der Waals surface area contributed by atoms with Gasteiger partial charge in [0.25, 0.3) is 0 Å². The largest absolute Gasteiger partial charge is 0.308 e. The molecule has 42 heavy (non-hydrogen) atoms. The maximum atomic E-state index is 2.54. The van der Waals surface area contributed by atoms with Gasteiger partial charge in [0.1, 0.15) is 0 Å². The fourth-order valence-electron chi connectivity index (χ4n) is 7.55. The molecule has 3 heterocycles. The van der Waals surface area contributed by atoms with Crippen LogP contribution in [0.3, 0.4) is 0 Å². The maximum Gasteiger partial charge on any atom is 0.0641 e. The quantitative estimate of drug-likeness (QED) is 0.209. The van der Waals surface area contributed by atoms with Gasteiger partial charge in [-0.15, -0.1) is 0 Å². The summed E-state index contributed by atoms with van der Waals surface area (Å²) in [6.45, 7) is 0. The lowest BCUT2D eigenvalue weighted by atomic mass is 9.99. The first kappa shape index (κ1) is 22.1. The molecule has 10 rings (SSSR count). The third-order valence-corrected chi connectivity index (χ3v) is 9.22. The van der Waals surface area contributed by atoms with Crippen LogP contribution < -0.4 is 0 Å². The number of fused-ring (bicyclic) bond motifs is 8. The van der Waals surface area contributed by atoms with Crippen LogP contribution in [0.25, 0.3) is 87.5 Å². The molecule has 3 aromatic heterocycles. The van der Waals surface area contributed by atoms with E-state index in [1.807, 2.05) is 0 Å². The van der Waals surface area contributed by atoms with Crippen LogP contribution in [0.15, 0.2) is 146 Å². The van der Waals surface area contributed by atoms with Crippen molar-refractivity contribution in [2.75, 3.05) is 0 Å². The van der Waals surface area contributed by atoms with Gasteiger partial charge in [-0.25, -0.2) is 0 Å². The predicted molar refractivity (Wildman–Crippen MR) is 178 cm³/mol. The standard InChI is InChI=1S/C40H24N2/c1-2-12-25(13-3-1)27-15-6-9-19-33(27)42-36-23-22-31-29-17-7-10-20-34(29)41-35-21-11-8-18-30(35)32-24-26-14-4-5-16-28(26)39(42)37(32)38(36)40(31)41/h1-24H. The molecule has 0 unspecified atom stereocenters. The Morgan fingerprint density at radius 1 is 0.381 bits per heavy atom. The van der Waals surface area contributed by atoms with Crippen LogP contribution in [-0.2, 0) is 0 Å². The molecule has 0 saturated heterocycles. The lowest BCUT2D eigenvalue weighted by Crippen LogP contribution is -1.98. The van der Waals surface area contributed by atoms with Gasteiger partial charge in [-0.3, -0.25) is 0 Å². The summed E-state index contributed by atoms with van der Waals surface area (Å²) in [5, 5.41) is 10.3. The van der Waals surface area contributed by atoms with Crippen LogP contribution in [0.4, 0.5) is 0 Å². The summed E-state index contributed by atoms with van der Waals surface area (Å²) in [5.41, 5.74) is 9.91. The number of rotatable bonds is 2. The summed E-state index contributed by atoms with van der Waals surface area (Å²) >= 11 is 0. The van der Waals surface area contributed by atoms with Crippen LogP contribution in [0.5, 0.6) is 0 Å². The zero-order valence-corrected chi connectivity index (χ0v) is 22.8. The van der Waals surface area contributed by atoms with Crippen LogP contribution in [0.2, 0.25) is 0 Å². The fraction of sp³-hybridized carbons (Fsp3) is 0. The van der Waals surface area contributed by atoms with E-state index >= 15 is 0 Å². The highest BCUT2D eigenvalue weighted by molar-refractivity contribution is 6.36. The van der Waals surface area contributed by atoms with Gasteiger partial charge < -0.3 is 8.97 Å². The van der Waals surface area contributed by atoms with Gasteiger partial charge in [-0.2, -0.15) is 0 Å². The van der Waals surface area contributed by atoms with Gasteiger partial charge in [0.15, 0.2) is 0 Å². The monoisotopic (exact) mass is 532 g/mol. The predicted octanol–water partition coefficient (Wildman–Crippen LogP) is 10.8. The van der Waals surface area contributed by atoms with Crippen LogP contribution >= 0.6 is 0 Å². The second-order valence-electron chi connectivity index (χ2n) is 11.3. The average molecular weight is 533 g/mol. The first-order valence-electron chi connectivity index (χ1n) is 14.5. The summed E-state index contributed by atoms with van der Waals surface area (Å²) in [5.74, 6) is 0. The highest BCUT2D eigenvalue weighted by atomic mass is 15.0.